The molecular weight excluding hydrogens is 312 g/mol. The molecule has 0 amide bonds. The maximum atomic E-state index is 11.3. The van der Waals surface area contributed by atoms with Crippen LogP contribution in [0.2, 0.25) is 0 Å². The second-order valence-electron chi connectivity index (χ2n) is 3.87. The van der Waals surface area contributed by atoms with E-state index in [-0.39, 0.29) is 5.39 Å². The van der Waals surface area contributed by atoms with Crippen molar-refractivity contribution in [3.63, 3.8) is 0 Å². The van der Waals surface area contributed by atoms with Gasteiger partial charge < -0.3 is 10.2 Å². The number of rotatable bonds is 2. The number of phenols is 2. The maximum Gasteiger partial charge on any atom is 0.298 e. The molecule has 2 rings (SSSR count). The van der Waals surface area contributed by atoms with Crippen LogP contribution in [0.3, 0.4) is 0 Å². The lowest BCUT2D eigenvalue weighted by atomic mass is 10.1. The van der Waals surface area contributed by atoms with Crippen molar-refractivity contribution >= 4 is 31.0 Å². The van der Waals surface area contributed by atoms with E-state index in [4.69, 9.17) is 9.11 Å². The molecule has 2 aromatic carbocycles. The third-order valence-electron chi connectivity index (χ3n) is 2.60. The fraction of sp³-hybridized carbons (Fsp3) is 0. The van der Waals surface area contributed by atoms with Crippen LogP contribution in [0.25, 0.3) is 10.8 Å². The first-order valence-corrected chi connectivity index (χ1v) is 7.84. The first-order valence-electron chi connectivity index (χ1n) is 4.96. The van der Waals surface area contributed by atoms with E-state index >= 15 is 0 Å². The zero-order valence-corrected chi connectivity index (χ0v) is 11.2. The standard InChI is InChI=1S/C10H8O8S2/c11-6-3-1-2-5-7(19(13,14)15)4-8(20(16,17)18)10(12)9(5)6/h1-4,11-12H,(H,13,14,15)(H,16,17,18). The third kappa shape index (κ3) is 2.29. The van der Waals surface area contributed by atoms with Gasteiger partial charge in [0.2, 0.25) is 0 Å². The van der Waals surface area contributed by atoms with Crippen LogP contribution in [-0.4, -0.2) is 36.2 Å². The van der Waals surface area contributed by atoms with Crippen molar-refractivity contribution in [3.05, 3.63) is 24.3 Å². The predicted molar refractivity (Wildman–Crippen MR) is 66.9 cm³/mol. The first kappa shape index (κ1) is 14.5. The summed E-state index contributed by atoms with van der Waals surface area (Å²) in [5, 5.41) is 18.6. The van der Waals surface area contributed by atoms with Crippen LogP contribution >= 0.6 is 0 Å². The van der Waals surface area contributed by atoms with E-state index in [2.05, 4.69) is 0 Å². The minimum atomic E-state index is -4.96. The molecule has 0 radical (unpaired) electrons. The van der Waals surface area contributed by atoms with Gasteiger partial charge in [-0.25, -0.2) is 0 Å². The van der Waals surface area contributed by atoms with Gasteiger partial charge in [0.1, 0.15) is 21.3 Å². The Hall–Kier alpha value is -1.88. The van der Waals surface area contributed by atoms with Crippen LogP contribution in [0.5, 0.6) is 11.5 Å². The number of hydrogen-bond acceptors (Lipinski definition) is 6. The van der Waals surface area contributed by atoms with Crippen LogP contribution in [-0.2, 0) is 20.2 Å². The van der Waals surface area contributed by atoms with E-state index in [1.54, 1.807) is 0 Å². The topological polar surface area (TPSA) is 149 Å². The Bertz CT molecular complexity index is 912. The molecule has 0 spiro atoms. The second kappa shape index (κ2) is 4.31. The molecule has 0 aliphatic heterocycles. The number of hydrogen-bond donors (Lipinski definition) is 4. The van der Waals surface area contributed by atoms with E-state index in [1.807, 2.05) is 0 Å². The van der Waals surface area contributed by atoms with Crippen molar-refractivity contribution in [2.75, 3.05) is 0 Å². The first-order chi connectivity index (χ1) is 9.03. The molecule has 0 aliphatic carbocycles. The van der Waals surface area contributed by atoms with Crippen LogP contribution in [0.4, 0.5) is 0 Å². The Morgan fingerprint density at radius 1 is 0.850 bits per heavy atom. The molecule has 0 heterocycles. The van der Waals surface area contributed by atoms with E-state index in [0.717, 1.165) is 12.1 Å². The summed E-state index contributed by atoms with van der Waals surface area (Å²) in [5.74, 6) is -1.64. The Balaban J connectivity index is 3.17. The highest BCUT2D eigenvalue weighted by Crippen LogP contribution is 2.40. The molecule has 0 aromatic heterocycles. The molecule has 0 unspecified atom stereocenters. The van der Waals surface area contributed by atoms with Crippen molar-refractivity contribution in [2.45, 2.75) is 9.79 Å². The minimum absolute atomic E-state index is 0.294. The van der Waals surface area contributed by atoms with Gasteiger partial charge in [0.05, 0.1) is 5.39 Å². The lowest BCUT2D eigenvalue weighted by Crippen LogP contribution is -2.05. The van der Waals surface area contributed by atoms with Gasteiger partial charge in [-0.3, -0.25) is 9.11 Å². The summed E-state index contributed by atoms with van der Waals surface area (Å²) in [5.41, 5.74) is 0. The zero-order valence-electron chi connectivity index (χ0n) is 9.55. The molecular formula is C10H8O8S2. The molecule has 108 valence electrons. The molecule has 2 aromatic rings. The van der Waals surface area contributed by atoms with Gasteiger partial charge in [0.15, 0.2) is 0 Å². The average molecular weight is 320 g/mol. The molecule has 8 nitrogen and oxygen atoms in total. The summed E-state index contributed by atoms with van der Waals surface area (Å²) >= 11 is 0. The van der Waals surface area contributed by atoms with Crippen LogP contribution < -0.4 is 0 Å². The van der Waals surface area contributed by atoms with Gasteiger partial charge in [0.25, 0.3) is 20.2 Å². The molecule has 0 bridgehead atoms. The number of aromatic hydroxyl groups is 2. The monoisotopic (exact) mass is 320 g/mol. The van der Waals surface area contributed by atoms with E-state index in [0.29, 0.717) is 6.07 Å². The summed E-state index contributed by atoms with van der Waals surface area (Å²) in [7, 11) is -9.80. The Labute approximate surface area is 113 Å². The fourth-order valence-electron chi connectivity index (χ4n) is 1.79. The van der Waals surface area contributed by atoms with Crippen LogP contribution in [0.1, 0.15) is 0 Å². The lowest BCUT2D eigenvalue weighted by molar-refractivity contribution is 0.441. The summed E-state index contributed by atoms with van der Waals surface area (Å²) in [6, 6.07) is 3.86. The summed E-state index contributed by atoms with van der Waals surface area (Å²) < 4.78 is 62.8. The van der Waals surface area contributed by atoms with Crippen molar-refractivity contribution in [3.8, 4) is 11.5 Å². The van der Waals surface area contributed by atoms with Crippen molar-refractivity contribution in [2.24, 2.45) is 0 Å². The number of fused-ring (bicyclic) bond motifs is 1. The largest absolute Gasteiger partial charge is 0.507 e. The van der Waals surface area contributed by atoms with Crippen LogP contribution in [0, 0.1) is 0 Å². The van der Waals surface area contributed by atoms with Crippen molar-refractivity contribution < 1.29 is 36.2 Å². The fourth-order valence-corrected chi connectivity index (χ4v) is 3.20. The van der Waals surface area contributed by atoms with Crippen molar-refractivity contribution in [1.82, 2.24) is 0 Å². The molecule has 20 heavy (non-hydrogen) atoms. The molecule has 0 saturated heterocycles. The van der Waals surface area contributed by atoms with Gasteiger partial charge in [0, 0.05) is 5.39 Å². The van der Waals surface area contributed by atoms with Crippen LogP contribution in [0.15, 0.2) is 34.1 Å². The minimum Gasteiger partial charge on any atom is -0.507 e. The predicted octanol–water partition coefficient (Wildman–Crippen LogP) is 0.744. The van der Waals surface area contributed by atoms with E-state index < -0.39 is 46.9 Å². The van der Waals surface area contributed by atoms with Gasteiger partial charge >= 0.3 is 0 Å². The molecule has 0 saturated carbocycles. The highest BCUT2D eigenvalue weighted by Gasteiger charge is 2.26. The Kier molecular flexibility index (Phi) is 3.13. The molecule has 0 aliphatic rings. The highest BCUT2D eigenvalue weighted by molar-refractivity contribution is 7.86. The summed E-state index contributed by atoms with van der Waals surface area (Å²) in [6.07, 6.45) is 0. The van der Waals surface area contributed by atoms with E-state index in [1.165, 1.54) is 6.07 Å². The zero-order chi connectivity index (χ0) is 15.3. The smallest absolute Gasteiger partial charge is 0.298 e. The van der Waals surface area contributed by atoms with Gasteiger partial charge in [-0.15, -0.1) is 0 Å². The third-order valence-corrected chi connectivity index (χ3v) is 4.36. The Morgan fingerprint density at radius 2 is 1.40 bits per heavy atom. The molecule has 0 atom stereocenters. The molecule has 4 N–H and O–H groups in total. The van der Waals surface area contributed by atoms with Gasteiger partial charge in [-0.1, -0.05) is 12.1 Å². The molecule has 10 heteroatoms. The average Bonchev–Trinajstić information content (AvgIpc) is 2.25. The normalized spacial score (nSPS) is 12.7. The number of benzene rings is 2. The Morgan fingerprint density at radius 3 is 1.90 bits per heavy atom. The van der Waals surface area contributed by atoms with Gasteiger partial charge in [-0.05, 0) is 12.1 Å². The number of phenolic OH excluding ortho intramolecular Hbond substituents is 2. The SMILES string of the molecule is O=S(=O)(O)c1cc(S(=O)(=O)O)c2cccc(O)c2c1O. The quantitative estimate of drug-likeness (QED) is 0.592. The second-order valence-corrected chi connectivity index (χ2v) is 6.65. The maximum absolute atomic E-state index is 11.3. The van der Waals surface area contributed by atoms with Gasteiger partial charge in [-0.2, -0.15) is 16.8 Å². The summed E-state index contributed by atoms with van der Waals surface area (Å²) in [4.78, 5) is -2.01. The van der Waals surface area contributed by atoms with Crippen molar-refractivity contribution in [1.29, 1.82) is 0 Å². The lowest BCUT2D eigenvalue weighted by Gasteiger charge is -2.10. The highest BCUT2D eigenvalue weighted by atomic mass is 32.2. The molecule has 0 fully saturated rings. The van der Waals surface area contributed by atoms with E-state index in [9.17, 15) is 27.0 Å². The summed E-state index contributed by atoms with van der Waals surface area (Å²) in [6.45, 7) is 0.